The van der Waals surface area contributed by atoms with E-state index in [1.807, 2.05) is 11.8 Å². The molecule has 3 aliphatic rings. The van der Waals surface area contributed by atoms with E-state index in [-0.39, 0.29) is 0 Å². The molecule has 2 aliphatic carbocycles. The summed E-state index contributed by atoms with van der Waals surface area (Å²) in [6, 6.07) is 0. The van der Waals surface area contributed by atoms with Crippen LogP contribution >= 0.6 is 11.8 Å². The van der Waals surface area contributed by atoms with Crippen LogP contribution in [-0.4, -0.2) is 17.3 Å². The van der Waals surface area contributed by atoms with E-state index in [9.17, 15) is 4.79 Å². The van der Waals surface area contributed by atoms with E-state index in [4.69, 9.17) is 0 Å². The van der Waals surface area contributed by atoms with Gasteiger partial charge in [-0.05, 0) is 42.8 Å². The summed E-state index contributed by atoms with van der Waals surface area (Å²) in [4.78, 5) is 11.9. The molecule has 3 unspecified atom stereocenters. The number of hydrogen-bond donors (Lipinski definition) is 0. The van der Waals surface area contributed by atoms with Gasteiger partial charge in [-0.1, -0.05) is 0 Å². The fourth-order valence-corrected chi connectivity index (χ4v) is 4.97. The van der Waals surface area contributed by atoms with E-state index in [1.54, 1.807) is 0 Å². The van der Waals surface area contributed by atoms with Gasteiger partial charge < -0.3 is 0 Å². The number of Topliss-reactive ketones (excluding diaryl/α,β-unsaturated/α-hetero) is 1. The van der Waals surface area contributed by atoms with Gasteiger partial charge in [0.1, 0.15) is 5.78 Å². The minimum atomic E-state index is 0.494. The van der Waals surface area contributed by atoms with E-state index in [1.165, 1.54) is 25.0 Å². The SMILES string of the molecule is O=C1CCSCC2C3CCC(C3)[C@@H]12. The van der Waals surface area contributed by atoms with Crippen molar-refractivity contribution in [2.24, 2.45) is 23.7 Å². The van der Waals surface area contributed by atoms with Crippen LogP contribution in [-0.2, 0) is 4.79 Å². The van der Waals surface area contributed by atoms with Crippen LogP contribution in [0.2, 0.25) is 0 Å². The van der Waals surface area contributed by atoms with Crippen molar-refractivity contribution in [2.45, 2.75) is 25.7 Å². The largest absolute Gasteiger partial charge is 0.299 e. The van der Waals surface area contributed by atoms with Gasteiger partial charge in [-0.25, -0.2) is 0 Å². The molecular weight excluding hydrogens is 180 g/mol. The topological polar surface area (TPSA) is 17.1 Å². The second-order valence-corrected chi connectivity index (χ2v) is 5.96. The smallest absolute Gasteiger partial charge is 0.137 e. The van der Waals surface area contributed by atoms with Crippen molar-refractivity contribution in [3.05, 3.63) is 0 Å². The summed E-state index contributed by atoms with van der Waals surface area (Å²) in [6.07, 6.45) is 5.00. The van der Waals surface area contributed by atoms with Crippen LogP contribution in [0.3, 0.4) is 0 Å². The number of ketones is 1. The molecule has 0 radical (unpaired) electrons. The molecule has 2 heteroatoms. The first-order chi connectivity index (χ1) is 6.36. The molecule has 4 atom stereocenters. The van der Waals surface area contributed by atoms with E-state index in [0.717, 1.165) is 29.9 Å². The fraction of sp³-hybridized carbons (Fsp3) is 0.909. The molecule has 13 heavy (non-hydrogen) atoms. The highest BCUT2D eigenvalue weighted by atomic mass is 32.2. The second kappa shape index (κ2) is 3.01. The Morgan fingerprint density at radius 1 is 1.23 bits per heavy atom. The molecule has 1 aliphatic heterocycles. The zero-order valence-electron chi connectivity index (χ0n) is 7.87. The third-order valence-corrected chi connectivity index (χ3v) is 5.38. The third kappa shape index (κ3) is 1.18. The van der Waals surface area contributed by atoms with Crippen LogP contribution < -0.4 is 0 Å². The van der Waals surface area contributed by atoms with E-state index >= 15 is 0 Å². The average molecular weight is 196 g/mol. The molecule has 3 rings (SSSR count). The molecule has 0 aromatic rings. The fourth-order valence-electron chi connectivity index (χ4n) is 3.71. The molecule has 3 fully saturated rings. The normalized spacial score (nSPS) is 49.1. The molecule has 0 aromatic carbocycles. The predicted molar refractivity (Wildman–Crippen MR) is 54.8 cm³/mol. The van der Waals surface area contributed by atoms with Gasteiger partial charge in [0.05, 0.1) is 0 Å². The van der Waals surface area contributed by atoms with Crippen molar-refractivity contribution in [1.29, 1.82) is 0 Å². The lowest BCUT2D eigenvalue weighted by Gasteiger charge is -2.27. The van der Waals surface area contributed by atoms with Crippen LogP contribution in [0.4, 0.5) is 0 Å². The summed E-state index contributed by atoms with van der Waals surface area (Å²) in [5.41, 5.74) is 0. The lowest BCUT2D eigenvalue weighted by atomic mass is 9.77. The molecule has 2 saturated carbocycles. The number of carbonyl (C=O) groups excluding carboxylic acids is 1. The first-order valence-corrected chi connectivity index (χ1v) is 6.62. The van der Waals surface area contributed by atoms with Gasteiger partial charge >= 0.3 is 0 Å². The Labute approximate surface area is 83.7 Å². The van der Waals surface area contributed by atoms with E-state index < -0.39 is 0 Å². The first-order valence-electron chi connectivity index (χ1n) is 5.46. The van der Waals surface area contributed by atoms with Crippen molar-refractivity contribution in [3.63, 3.8) is 0 Å². The average Bonchev–Trinajstić information content (AvgIpc) is 2.66. The maximum Gasteiger partial charge on any atom is 0.137 e. The van der Waals surface area contributed by atoms with Gasteiger partial charge in [0.2, 0.25) is 0 Å². The monoisotopic (exact) mass is 196 g/mol. The second-order valence-electron chi connectivity index (χ2n) is 4.81. The quantitative estimate of drug-likeness (QED) is 0.591. The molecule has 0 spiro atoms. The van der Waals surface area contributed by atoms with Gasteiger partial charge in [-0.3, -0.25) is 4.79 Å². The summed E-state index contributed by atoms with van der Waals surface area (Å²) < 4.78 is 0. The zero-order valence-corrected chi connectivity index (χ0v) is 8.69. The van der Waals surface area contributed by atoms with Crippen molar-refractivity contribution in [1.82, 2.24) is 0 Å². The lowest BCUT2D eigenvalue weighted by Crippen LogP contribution is -2.29. The summed E-state index contributed by atoms with van der Waals surface area (Å²) in [6.45, 7) is 0. The first kappa shape index (κ1) is 8.34. The van der Waals surface area contributed by atoms with E-state index in [0.29, 0.717) is 11.7 Å². The number of rotatable bonds is 0. The minimum absolute atomic E-state index is 0.494. The van der Waals surface area contributed by atoms with Crippen molar-refractivity contribution < 1.29 is 4.79 Å². The molecule has 72 valence electrons. The highest BCUT2D eigenvalue weighted by Crippen LogP contribution is 2.54. The van der Waals surface area contributed by atoms with E-state index in [2.05, 4.69) is 0 Å². The van der Waals surface area contributed by atoms with Crippen molar-refractivity contribution in [2.75, 3.05) is 11.5 Å². The Balaban J connectivity index is 1.89. The molecular formula is C11H16OS. The third-order valence-electron chi connectivity index (χ3n) is 4.26. The van der Waals surface area contributed by atoms with Crippen LogP contribution in [0.1, 0.15) is 25.7 Å². The molecule has 0 amide bonds. The van der Waals surface area contributed by atoms with Crippen LogP contribution in [0.25, 0.3) is 0 Å². The Bertz CT molecular complexity index is 238. The summed E-state index contributed by atoms with van der Waals surface area (Å²) in [7, 11) is 0. The van der Waals surface area contributed by atoms with Crippen LogP contribution in [0.15, 0.2) is 0 Å². The van der Waals surface area contributed by atoms with Gasteiger partial charge in [0.15, 0.2) is 0 Å². The van der Waals surface area contributed by atoms with Gasteiger partial charge in [-0.15, -0.1) is 0 Å². The number of fused-ring (bicyclic) bond motifs is 5. The van der Waals surface area contributed by atoms with Crippen LogP contribution in [0.5, 0.6) is 0 Å². The molecule has 1 saturated heterocycles. The number of hydrogen-bond acceptors (Lipinski definition) is 2. The van der Waals surface area contributed by atoms with Crippen molar-refractivity contribution >= 4 is 17.5 Å². The van der Waals surface area contributed by atoms with Gasteiger partial charge in [0, 0.05) is 18.1 Å². The number of carbonyl (C=O) groups is 1. The van der Waals surface area contributed by atoms with Gasteiger partial charge in [0.25, 0.3) is 0 Å². The minimum Gasteiger partial charge on any atom is -0.299 e. The summed E-state index contributed by atoms with van der Waals surface area (Å²) in [5, 5.41) is 0. The highest BCUT2D eigenvalue weighted by molar-refractivity contribution is 7.99. The summed E-state index contributed by atoms with van der Waals surface area (Å²) >= 11 is 2.01. The predicted octanol–water partition coefficient (Wildman–Crippen LogP) is 2.35. The molecule has 1 nitrogen and oxygen atoms in total. The maximum absolute atomic E-state index is 11.9. The maximum atomic E-state index is 11.9. The highest BCUT2D eigenvalue weighted by Gasteiger charge is 2.50. The Hall–Kier alpha value is 0.0200. The van der Waals surface area contributed by atoms with Gasteiger partial charge in [-0.2, -0.15) is 11.8 Å². The zero-order chi connectivity index (χ0) is 8.84. The molecule has 0 N–H and O–H groups in total. The Morgan fingerprint density at radius 2 is 2.08 bits per heavy atom. The molecule has 1 heterocycles. The number of thioether (sulfide) groups is 1. The Kier molecular flexibility index (Phi) is 1.93. The Morgan fingerprint density at radius 3 is 3.00 bits per heavy atom. The standard InChI is InChI=1S/C11H16OS/c12-10-3-4-13-6-9-7-1-2-8(5-7)11(9)10/h7-9,11H,1-6H2/t7?,8?,9?,11-/m1/s1. The van der Waals surface area contributed by atoms with Crippen LogP contribution in [0, 0.1) is 23.7 Å². The molecule has 0 aromatic heterocycles. The van der Waals surface area contributed by atoms with Crippen molar-refractivity contribution in [3.8, 4) is 0 Å². The molecule has 2 bridgehead atoms. The summed E-state index contributed by atoms with van der Waals surface area (Å²) in [5.74, 6) is 5.95. The lowest BCUT2D eigenvalue weighted by molar-refractivity contribution is -0.125.